The minimum Gasteiger partial charge on any atom is -0.333 e. The van der Waals surface area contributed by atoms with Crippen molar-refractivity contribution in [3.8, 4) is 22.2 Å². The van der Waals surface area contributed by atoms with Crippen molar-refractivity contribution >= 4 is 33.2 Å². The SMILES string of the molecule is Cc1ccc(Cn2cnc3sc(-c4nc(-c5ccccc5Cl)no4)c(C)c3c2=O)cc1C. The topological polar surface area (TPSA) is 73.8 Å². The second kappa shape index (κ2) is 8.00. The monoisotopic (exact) mass is 462 g/mol. The predicted octanol–water partition coefficient (Wildman–Crippen LogP) is 5.80. The first-order valence-electron chi connectivity index (χ1n) is 10.1. The molecule has 5 rings (SSSR count). The molecule has 0 spiro atoms. The van der Waals surface area contributed by atoms with Gasteiger partial charge in [0.2, 0.25) is 5.82 Å². The van der Waals surface area contributed by atoms with Crippen molar-refractivity contribution in [2.45, 2.75) is 27.3 Å². The smallest absolute Gasteiger partial charge is 0.268 e. The van der Waals surface area contributed by atoms with Gasteiger partial charge in [0.1, 0.15) is 4.83 Å². The zero-order chi connectivity index (χ0) is 22.4. The molecule has 0 radical (unpaired) electrons. The van der Waals surface area contributed by atoms with E-state index < -0.39 is 0 Å². The van der Waals surface area contributed by atoms with Crippen LogP contribution in [0.25, 0.3) is 32.4 Å². The van der Waals surface area contributed by atoms with Crippen LogP contribution in [-0.4, -0.2) is 19.7 Å². The zero-order valence-corrected chi connectivity index (χ0v) is 19.3. The van der Waals surface area contributed by atoms with Crippen LogP contribution in [0.5, 0.6) is 0 Å². The second-order valence-electron chi connectivity index (χ2n) is 7.74. The third kappa shape index (κ3) is 3.53. The first-order chi connectivity index (χ1) is 15.4. The molecule has 8 heteroatoms. The molecule has 5 aromatic rings. The Morgan fingerprint density at radius 3 is 2.69 bits per heavy atom. The van der Waals surface area contributed by atoms with Crippen molar-refractivity contribution in [3.63, 3.8) is 0 Å². The first kappa shape index (κ1) is 20.6. The summed E-state index contributed by atoms with van der Waals surface area (Å²) in [5.74, 6) is 0.753. The summed E-state index contributed by atoms with van der Waals surface area (Å²) < 4.78 is 7.15. The maximum Gasteiger partial charge on any atom is 0.268 e. The van der Waals surface area contributed by atoms with Gasteiger partial charge in [-0.3, -0.25) is 9.36 Å². The number of thiophene rings is 1. The van der Waals surface area contributed by atoms with Crippen molar-refractivity contribution in [3.05, 3.63) is 86.4 Å². The van der Waals surface area contributed by atoms with E-state index in [1.165, 1.54) is 22.5 Å². The van der Waals surface area contributed by atoms with Crippen LogP contribution in [0.3, 0.4) is 0 Å². The van der Waals surface area contributed by atoms with Gasteiger partial charge in [0.25, 0.3) is 11.4 Å². The van der Waals surface area contributed by atoms with Crippen LogP contribution in [0.1, 0.15) is 22.3 Å². The molecule has 160 valence electrons. The van der Waals surface area contributed by atoms with Crippen molar-refractivity contribution in [1.82, 2.24) is 19.7 Å². The van der Waals surface area contributed by atoms with Crippen LogP contribution < -0.4 is 5.56 Å². The maximum absolute atomic E-state index is 13.3. The lowest BCUT2D eigenvalue weighted by Gasteiger charge is -2.08. The molecule has 3 aromatic heterocycles. The Balaban J connectivity index is 1.55. The van der Waals surface area contributed by atoms with Gasteiger partial charge in [-0.15, -0.1) is 11.3 Å². The summed E-state index contributed by atoms with van der Waals surface area (Å²) in [5, 5.41) is 5.20. The molecular formula is C24H19ClN4O2S. The molecular weight excluding hydrogens is 444 g/mol. The number of rotatable bonds is 4. The Bertz CT molecular complexity index is 1530. The van der Waals surface area contributed by atoms with Crippen LogP contribution in [-0.2, 0) is 6.54 Å². The minimum atomic E-state index is -0.0842. The molecule has 0 saturated heterocycles. The van der Waals surface area contributed by atoms with E-state index in [-0.39, 0.29) is 5.56 Å². The van der Waals surface area contributed by atoms with E-state index in [1.807, 2.05) is 31.2 Å². The molecule has 0 bridgehead atoms. The Hall–Kier alpha value is -3.29. The minimum absolute atomic E-state index is 0.0842. The molecule has 2 aromatic carbocycles. The van der Waals surface area contributed by atoms with E-state index in [1.54, 1.807) is 17.0 Å². The normalized spacial score (nSPS) is 11.4. The molecule has 0 N–H and O–H groups in total. The number of aromatic nitrogens is 4. The molecule has 0 amide bonds. The molecule has 0 unspecified atom stereocenters. The lowest BCUT2D eigenvalue weighted by Crippen LogP contribution is -2.21. The number of benzene rings is 2. The van der Waals surface area contributed by atoms with E-state index in [0.717, 1.165) is 16.0 Å². The first-order valence-corrected chi connectivity index (χ1v) is 11.3. The van der Waals surface area contributed by atoms with E-state index in [0.29, 0.717) is 39.1 Å². The third-order valence-corrected chi connectivity index (χ3v) is 7.09. The summed E-state index contributed by atoms with van der Waals surface area (Å²) in [5.41, 5.74) is 4.88. The van der Waals surface area contributed by atoms with Crippen molar-refractivity contribution in [2.24, 2.45) is 0 Å². The fourth-order valence-electron chi connectivity index (χ4n) is 3.64. The quantitative estimate of drug-likeness (QED) is 0.337. The van der Waals surface area contributed by atoms with E-state index in [2.05, 4.69) is 41.1 Å². The maximum atomic E-state index is 13.3. The van der Waals surface area contributed by atoms with Crippen LogP contribution in [0, 0.1) is 20.8 Å². The fraction of sp³-hybridized carbons (Fsp3) is 0.167. The van der Waals surface area contributed by atoms with Gasteiger partial charge in [-0.1, -0.05) is 47.1 Å². The molecule has 3 heterocycles. The highest BCUT2D eigenvalue weighted by Gasteiger charge is 2.21. The van der Waals surface area contributed by atoms with Crippen LogP contribution >= 0.6 is 22.9 Å². The van der Waals surface area contributed by atoms with Gasteiger partial charge in [-0.05, 0) is 55.2 Å². The molecule has 0 aliphatic rings. The molecule has 0 aliphatic carbocycles. The van der Waals surface area contributed by atoms with Gasteiger partial charge in [0.05, 0.1) is 28.2 Å². The molecule has 6 nitrogen and oxygen atoms in total. The Labute approximate surface area is 193 Å². The van der Waals surface area contributed by atoms with Crippen LogP contribution in [0.4, 0.5) is 0 Å². The number of hydrogen-bond donors (Lipinski definition) is 0. The Kier molecular flexibility index (Phi) is 5.15. The lowest BCUT2D eigenvalue weighted by molar-refractivity contribution is 0.433. The van der Waals surface area contributed by atoms with Gasteiger partial charge in [0.15, 0.2) is 0 Å². The van der Waals surface area contributed by atoms with Gasteiger partial charge >= 0.3 is 0 Å². The number of aryl methyl sites for hydroxylation is 3. The summed E-state index contributed by atoms with van der Waals surface area (Å²) in [6.07, 6.45) is 1.60. The largest absolute Gasteiger partial charge is 0.333 e. The number of nitrogens with zero attached hydrogens (tertiary/aromatic N) is 4. The summed E-state index contributed by atoms with van der Waals surface area (Å²) in [6.45, 7) is 6.49. The number of hydrogen-bond acceptors (Lipinski definition) is 6. The molecule has 0 saturated carbocycles. The Morgan fingerprint density at radius 2 is 1.91 bits per heavy atom. The number of fused-ring (bicyclic) bond motifs is 1. The van der Waals surface area contributed by atoms with Crippen molar-refractivity contribution < 1.29 is 4.52 Å². The summed E-state index contributed by atoms with van der Waals surface area (Å²) >= 11 is 7.63. The predicted molar refractivity (Wildman–Crippen MR) is 127 cm³/mol. The molecule has 0 aliphatic heterocycles. The highest BCUT2D eigenvalue weighted by molar-refractivity contribution is 7.22. The summed E-state index contributed by atoms with van der Waals surface area (Å²) in [4.78, 5) is 23.7. The van der Waals surface area contributed by atoms with E-state index in [4.69, 9.17) is 16.1 Å². The summed E-state index contributed by atoms with van der Waals surface area (Å²) in [6, 6.07) is 13.5. The van der Waals surface area contributed by atoms with Gasteiger partial charge in [-0.25, -0.2) is 4.98 Å². The van der Waals surface area contributed by atoms with E-state index >= 15 is 0 Å². The van der Waals surface area contributed by atoms with E-state index in [9.17, 15) is 4.79 Å². The zero-order valence-electron chi connectivity index (χ0n) is 17.7. The molecule has 0 fully saturated rings. The van der Waals surface area contributed by atoms with Crippen LogP contribution in [0.15, 0.2) is 58.1 Å². The highest BCUT2D eigenvalue weighted by atomic mass is 35.5. The van der Waals surface area contributed by atoms with Gasteiger partial charge in [0, 0.05) is 5.56 Å². The molecule has 0 atom stereocenters. The second-order valence-corrected chi connectivity index (χ2v) is 9.14. The van der Waals surface area contributed by atoms with Crippen LogP contribution in [0.2, 0.25) is 5.02 Å². The average Bonchev–Trinajstić information content (AvgIpc) is 3.38. The van der Waals surface area contributed by atoms with Crippen molar-refractivity contribution in [2.75, 3.05) is 0 Å². The standard InChI is InChI=1S/C24H19ClN4O2S/c1-13-8-9-16(10-14(13)2)11-29-12-26-23-19(24(29)30)15(3)20(32-23)22-27-21(28-31-22)17-6-4-5-7-18(17)25/h4-10,12H,11H2,1-3H3. The lowest BCUT2D eigenvalue weighted by atomic mass is 10.1. The average molecular weight is 463 g/mol. The number of halogens is 1. The van der Waals surface area contributed by atoms with Crippen molar-refractivity contribution in [1.29, 1.82) is 0 Å². The fourth-order valence-corrected chi connectivity index (χ4v) is 4.92. The van der Waals surface area contributed by atoms with Gasteiger partial charge in [-0.2, -0.15) is 4.98 Å². The van der Waals surface area contributed by atoms with Gasteiger partial charge < -0.3 is 4.52 Å². The Morgan fingerprint density at radius 1 is 1.09 bits per heavy atom. The molecule has 32 heavy (non-hydrogen) atoms. The summed E-state index contributed by atoms with van der Waals surface area (Å²) in [7, 11) is 0. The third-order valence-electron chi connectivity index (χ3n) is 5.58. The highest BCUT2D eigenvalue weighted by Crippen LogP contribution is 2.36.